The maximum Gasteiger partial charge on any atom is 0.225 e. The van der Waals surface area contributed by atoms with Gasteiger partial charge in [-0.3, -0.25) is 9.89 Å². The highest BCUT2D eigenvalue weighted by atomic mass is 16.1. The van der Waals surface area contributed by atoms with Crippen LogP contribution in [0.5, 0.6) is 0 Å². The van der Waals surface area contributed by atoms with Crippen molar-refractivity contribution in [3.63, 3.8) is 0 Å². The number of para-hydroxylation sites is 1. The number of aryl methyl sites for hydroxylation is 2. The number of aromatic nitrogens is 5. The fourth-order valence-corrected chi connectivity index (χ4v) is 4.10. The average molecular weight is 460 g/mol. The number of anilines is 1. The van der Waals surface area contributed by atoms with Crippen LogP contribution >= 0.6 is 0 Å². The van der Waals surface area contributed by atoms with Crippen molar-refractivity contribution in [2.45, 2.75) is 58.9 Å². The van der Waals surface area contributed by atoms with Gasteiger partial charge in [0.25, 0.3) is 0 Å². The Morgan fingerprint density at radius 3 is 2.59 bits per heavy atom. The van der Waals surface area contributed by atoms with E-state index in [4.69, 9.17) is 4.98 Å². The maximum atomic E-state index is 13.2. The van der Waals surface area contributed by atoms with E-state index in [-0.39, 0.29) is 23.8 Å². The first-order valence-electron chi connectivity index (χ1n) is 11.6. The topological polar surface area (TPSA) is 111 Å². The van der Waals surface area contributed by atoms with E-state index < -0.39 is 0 Å². The van der Waals surface area contributed by atoms with Gasteiger partial charge >= 0.3 is 0 Å². The average Bonchev–Trinajstić information content (AvgIpc) is 3.36. The molecule has 4 aromatic rings. The van der Waals surface area contributed by atoms with Gasteiger partial charge in [-0.1, -0.05) is 39.0 Å². The van der Waals surface area contributed by atoms with Gasteiger partial charge in [-0.2, -0.15) is 5.10 Å². The summed E-state index contributed by atoms with van der Waals surface area (Å²) in [6.07, 6.45) is 2.87. The van der Waals surface area contributed by atoms with E-state index in [1.807, 2.05) is 45.3 Å². The second-order valence-electron chi connectivity index (χ2n) is 9.77. The van der Waals surface area contributed by atoms with Gasteiger partial charge in [0.15, 0.2) is 0 Å². The molecule has 178 valence electrons. The Bertz CT molecular complexity index is 1290. The van der Waals surface area contributed by atoms with E-state index in [9.17, 15) is 4.79 Å². The van der Waals surface area contributed by atoms with E-state index in [0.29, 0.717) is 6.42 Å². The Morgan fingerprint density at radius 1 is 1.15 bits per heavy atom. The highest BCUT2D eigenvalue weighted by Crippen LogP contribution is 2.27. The van der Waals surface area contributed by atoms with Crippen molar-refractivity contribution in [3.8, 4) is 0 Å². The number of amides is 1. The third kappa shape index (κ3) is 4.95. The summed E-state index contributed by atoms with van der Waals surface area (Å²) in [5, 5.41) is 14.7. The fraction of sp³-hybridized carbons (Fsp3) is 0.385. The number of aromatic amines is 2. The second-order valence-corrected chi connectivity index (χ2v) is 9.77. The largest absolute Gasteiger partial charge is 0.373 e. The Hall–Kier alpha value is -3.68. The SMILES string of the molecule is CNc1cc([C@@H](Cc2c[nH]c3ccccc23)NC(=O)Cc2c(C)n[nH]c2C)nc(C(C)(C)C)n1. The van der Waals surface area contributed by atoms with Gasteiger partial charge < -0.3 is 15.6 Å². The molecule has 4 N–H and O–H groups in total. The van der Waals surface area contributed by atoms with Crippen LogP contribution in [0.2, 0.25) is 0 Å². The van der Waals surface area contributed by atoms with E-state index in [1.54, 1.807) is 0 Å². The zero-order valence-corrected chi connectivity index (χ0v) is 20.7. The number of carbonyl (C=O) groups is 1. The van der Waals surface area contributed by atoms with Gasteiger partial charge in [-0.15, -0.1) is 0 Å². The van der Waals surface area contributed by atoms with Crippen LogP contribution in [0.1, 0.15) is 60.8 Å². The third-order valence-corrected chi connectivity index (χ3v) is 6.08. The molecule has 0 aliphatic carbocycles. The highest BCUT2D eigenvalue weighted by Gasteiger charge is 2.25. The molecule has 0 fully saturated rings. The molecular weight excluding hydrogens is 426 g/mol. The van der Waals surface area contributed by atoms with Gasteiger partial charge in [0.05, 0.1) is 23.9 Å². The number of nitrogens with one attached hydrogen (secondary N) is 4. The third-order valence-electron chi connectivity index (χ3n) is 6.08. The van der Waals surface area contributed by atoms with Crippen LogP contribution in [0.3, 0.4) is 0 Å². The summed E-state index contributed by atoms with van der Waals surface area (Å²) in [6, 6.07) is 9.78. The minimum atomic E-state index is -0.324. The van der Waals surface area contributed by atoms with Crippen LogP contribution in [-0.4, -0.2) is 38.1 Å². The van der Waals surface area contributed by atoms with E-state index in [2.05, 4.69) is 63.7 Å². The molecule has 0 aliphatic rings. The minimum Gasteiger partial charge on any atom is -0.373 e. The van der Waals surface area contributed by atoms with Crippen LogP contribution in [-0.2, 0) is 23.1 Å². The summed E-state index contributed by atoms with van der Waals surface area (Å²) in [6.45, 7) is 10.1. The van der Waals surface area contributed by atoms with Crippen molar-refractivity contribution in [3.05, 3.63) is 70.6 Å². The smallest absolute Gasteiger partial charge is 0.225 e. The zero-order valence-electron chi connectivity index (χ0n) is 20.7. The molecular formula is C26H33N7O. The molecule has 1 aromatic carbocycles. The van der Waals surface area contributed by atoms with Crippen LogP contribution in [0, 0.1) is 13.8 Å². The standard InChI is InChI=1S/C26H33N7O/c1-15-19(16(2)33-32-15)12-24(34)29-21(11-17-14-28-20-10-8-7-9-18(17)20)22-13-23(27-6)31-25(30-22)26(3,4)5/h7-10,13-14,21,28H,11-12H2,1-6H3,(H,29,34)(H,32,33)(H,27,30,31)/t21-/m1/s1. The van der Waals surface area contributed by atoms with Gasteiger partial charge in [0, 0.05) is 53.3 Å². The monoisotopic (exact) mass is 459 g/mol. The summed E-state index contributed by atoms with van der Waals surface area (Å²) in [7, 11) is 1.84. The number of nitrogens with zero attached hydrogens (tertiary/aromatic N) is 3. The number of rotatable bonds is 7. The van der Waals surface area contributed by atoms with Crippen LogP contribution in [0.25, 0.3) is 10.9 Å². The minimum absolute atomic E-state index is 0.0700. The number of H-pyrrole nitrogens is 2. The first kappa shape index (κ1) is 23.5. The molecule has 0 spiro atoms. The number of carbonyl (C=O) groups excluding carboxylic acids is 1. The van der Waals surface area contributed by atoms with Crippen molar-refractivity contribution in [2.24, 2.45) is 0 Å². The van der Waals surface area contributed by atoms with Gasteiger partial charge in [-0.05, 0) is 25.5 Å². The molecule has 1 atom stereocenters. The maximum absolute atomic E-state index is 13.2. The van der Waals surface area contributed by atoms with Crippen molar-refractivity contribution in [1.29, 1.82) is 0 Å². The summed E-state index contributed by atoms with van der Waals surface area (Å²) in [4.78, 5) is 26.1. The molecule has 4 rings (SSSR count). The fourth-order valence-electron chi connectivity index (χ4n) is 4.10. The lowest BCUT2D eigenvalue weighted by Gasteiger charge is -2.23. The molecule has 3 heterocycles. The lowest BCUT2D eigenvalue weighted by molar-refractivity contribution is -0.121. The molecule has 8 nitrogen and oxygen atoms in total. The van der Waals surface area contributed by atoms with Gasteiger partial charge in [0.2, 0.25) is 5.91 Å². The van der Waals surface area contributed by atoms with Crippen molar-refractivity contribution in [1.82, 2.24) is 30.5 Å². The molecule has 1 amide bonds. The number of benzene rings is 1. The lowest BCUT2D eigenvalue weighted by Crippen LogP contribution is -2.33. The predicted octanol–water partition coefficient (Wildman–Crippen LogP) is 4.28. The van der Waals surface area contributed by atoms with Gasteiger partial charge in [0.1, 0.15) is 11.6 Å². The molecule has 0 unspecified atom stereocenters. The quantitative estimate of drug-likeness (QED) is 0.330. The molecule has 3 aromatic heterocycles. The molecule has 0 bridgehead atoms. The van der Waals surface area contributed by atoms with Crippen LogP contribution in [0.15, 0.2) is 36.5 Å². The molecule has 8 heteroatoms. The highest BCUT2D eigenvalue weighted by molar-refractivity contribution is 5.83. The number of hydrogen-bond donors (Lipinski definition) is 4. The summed E-state index contributed by atoms with van der Waals surface area (Å²) in [5.74, 6) is 1.39. The van der Waals surface area contributed by atoms with Gasteiger partial charge in [-0.25, -0.2) is 9.97 Å². The van der Waals surface area contributed by atoms with Crippen molar-refractivity contribution >= 4 is 22.6 Å². The Morgan fingerprint density at radius 2 is 1.91 bits per heavy atom. The van der Waals surface area contributed by atoms with E-state index >= 15 is 0 Å². The summed E-state index contributed by atoms with van der Waals surface area (Å²) >= 11 is 0. The Balaban J connectivity index is 1.71. The van der Waals surface area contributed by atoms with Crippen LogP contribution < -0.4 is 10.6 Å². The number of hydrogen-bond acceptors (Lipinski definition) is 5. The van der Waals surface area contributed by atoms with Crippen molar-refractivity contribution < 1.29 is 4.79 Å². The zero-order chi connectivity index (χ0) is 24.5. The molecule has 34 heavy (non-hydrogen) atoms. The molecule has 0 saturated heterocycles. The number of fused-ring (bicyclic) bond motifs is 1. The summed E-state index contributed by atoms with van der Waals surface area (Å²) in [5.41, 5.74) is 5.42. The van der Waals surface area contributed by atoms with E-state index in [0.717, 1.165) is 50.8 Å². The molecule has 0 aliphatic heterocycles. The predicted molar refractivity (Wildman–Crippen MR) is 135 cm³/mol. The first-order valence-corrected chi connectivity index (χ1v) is 11.6. The summed E-state index contributed by atoms with van der Waals surface area (Å²) < 4.78 is 0. The van der Waals surface area contributed by atoms with E-state index in [1.165, 1.54) is 0 Å². The van der Waals surface area contributed by atoms with Crippen LogP contribution in [0.4, 0.5) is 5.82 Å². The molecule has 0 radical (unpaired) electrons. The lowest BCUT2D eigenvalue weighted by atomic mass is 9.95. The Kier molecular flexibility index (Phi) is 6.41. The Labute approximate surface area is 200 Å². The van der Waals surface area contributed by atoms with Crippen molar-refractivity contribution in [2.75, 3.05) is 12.4 Å². The normalized spacial score (nSPS) is 12.6. The second kappa shape index (κ2) is 9.29. The first-order chi connectivity index (χ1) is 16.2. The molecule has 0 saturated carbocycles.